The van der Waals surface area contributed by atoms with E-state index < -0.39 is 10.7 Å². The summed E-state index contributed by atoms with van der Waals surface area (Å²) < 4.78 is 21.7. The molecular weight excluding hydrogens is 218 g/mol. The number of rotatable bonds is 2. The average molecular weight is 227 g/mol. The molecule has 0 spiro atoms. The highest BCUT2D eigenvalue weighted by atomic mass is 32.2. The van der Waals surface area contributed by atoms with E-state index in [1.54, 1.807) is 11.8 Å². The normalized spacial score (nSPS) is 11.3. The van der Waals surface area contributed by atoms with Gasteiger partial charge in [0.2, 0.25) is 0 Å². The zero-order valence-corrected chi connectivity index (χ0v) is 9.19. The maximum atomic E-state index is 10.8. The zero-order chi connectivity index (χ0) is 10.1. The molecule has 2 aromatic rings. The molecule has 0 atom stereocenters. The molecular formula is C9H9NO2S2. The summed E-state index contributed by atoms with van der Waals surface area (Å²) in [6, 6.07) is 5.70. The van der Waals surface area contributed by atoms with Crippen LogP contribution in [0, 0.1) is 0 Å². The van der Waals surface area contributed by atoms with Gasteiger partial charge in [-0.1, -0.05) is 6.07 Å². The van der Waals surface area contributed by atoms with Crippen LogP contribution in [0.15, 0.2) is 34.2 Å². The van der Waals surface area contributed by atoms with Gasteiger partial charge in [0.05, 0.1) is 4.90 Å². The number of hydrogen-bond acceptors (Lipinski definition) is 3. The first kappa shape index (κ1) is 9.61. The van der Waals surface area contributed by atoms with Gasteiger partial charge in [0.25, 0.3) is 0 Å². The van der Waals surface area contributed by atoms with Crippen LogP contribution in [0.5, 0.6) is 0 Å². The van der Waals surface area contributed by atoms with Crippen molar-refractivity contribution in [3.05, 3.63) is 24.4 Å². The molecule has 0 aliphatic heterocycles. The van der Waals surface area contributed by atoms with E-state index in [2.05, 4.69) is 4.98 Å². The minimum Gasteiger partial charge on any atom is -0.360 e. The summed E-state index contributed by atoms with van der Waals surface area (Å²) in [7, 11) is -2.51. The minimum atomic E-state index is -2.51. The van der Waals surface area contributed by atoms with Crippen LogP contribution in [0.4, 0.5) is 0 Å². The summed E-state index contributed by atoms with van der Waals surface area (Å²) in [5.74, 6) is 0. The Balaban J connectivity index is 2.71. The molecule has 0 fully saturated rings. The van der Waals surface area contributed by atoms with Gasteiger partial charge in [-0.05, 0) is 18.4 Å². The molecule has 0 saturated heterocycles. The van der Waals surface area contributed by atoms with E-state index in [-0.39, 0.29) is 0 Å². The van der Waals surface area contributed by atoms with Gasteiger partial charge in [0.1, 0.15) is 0 Å². The summed E-state index contributed by atoms with van der Waals surface area (Å²) in [6.07, 6.45) is 3.51. The first-order chi connectivity index (χ1) is 6.72. The van der Waals surface area contributed by atoms with Crippen LogP contribution in [0.25, 0.3) is 10.9 Å². The van der Waals surface area contributed by atoms with Crippen LogP contribution in [0.1, 0.15) is 0 Å². The number of H-pyrrole nitrogens is 1. The Hall–Kier alpha value is -0.940. The van der Waals surface area contributed by atoms with Gasteiger partial charge in [-0.25, -0.2) is 8.42 Å². The molecule has 3 nitrogen and oxygen atoms in total. The highest BCUT2D eigenvalue weighted by Gasteiger charge is 2.05. The molecule has 5 heteroatoms. The average Bonchev–Trinajstić information content (AvgIpc) is 2.59. The van der Waals surface area contributed by atoms with Gasteiger partial charge in [0.15, 0.2) is 10.7 Å². The lowest BCUT2D eigenvalue weighted by molar-refractivity contribution is 0.615. The van der Waals surface area contributed by atoms with E-state index in [4.69, 9.17) is 0 Å². The monoisotopic (exact) mass is 227 g/mol. The van der Waals surface area contributed by atoms with Crippen LogP contribution < -0.4 is 0 Å². The number of benzene rings is 1. The van der Waals surface area contributed by atoms with Crippen molar-refractivity contribution in [2.24, 2.45) is 0 Å². The molecule has 0 radical (unpaired) electrons. The van der Waals surface area contributed by atoms with Crippen LogP contribution in [-0.2, 0) is 10.7 Å². The third kappa shape index (κ3) is 1.53. The summed E-state index contributed by atoms with van der Waals surface area (Å²) in [6.45, 7) is 0. The number of nitrogens with one attached hydrogen (secondary N) is 1. The number of aromatic nitrogens is 1. The first-order valence-electron chi connectivity index (χ1n) is 4.02. The summed E-state index contributed by atoms with van der Waals surface area (Å²) in [5.41, 5.74) is 0.867. The van der Waals surface area contributed by atoms with E-state index in [1.165, 1.54) is 6.20 Å². The number of thiol groups is 1. The molecule has 1 aromatic carbocycles. The predicted octanol–water partition coefficient (Wildman–Crippen LogP) is 1.86. The minimum absolute atomic E-state index is 0.364. The second kappa shape index (κ2) is 3.67. The Morgan fingerprint density at radius 2 is 2.14 bits per heavy atom. The van der Waals surface area contributed by atoms with E-state index in [1.807, 2.05) is 24.5 Å². The third-order valence-corrected chi connectivity index (χ3v) is 3.55. The molecule has 0 aliphatic carbocycles. The molecule has 0 saturated carbocycles. The van der Waals surface area contributed by atoms with Crippen LogP contribution >= 0.6 is 11.8 Å². The lowest BCUT2D eigenvalue weighted by Crippen LogP contribution is -1.76. The van der Waals surface area contributed by atoms with Gasteiger partial charge in [-0.15, -0.1) is 11.8 Å². The van der Waals surface area contributed by atoms with Crippen molar-refractivity contribution in [2.45, 2.75) is 9.79 Å². The van der Waals surface area contributed by atoms with E-state index in [0.717, 1.165) is 15.8 Å². The molecule has 0 unspecified atom stereocenters. The van der Waals surface area contributed by atoms with Crippen LogP contribution in [0.2, 0.25) is 0 Å². The molecule has 0 bridgehead atoms. The summed E-state index contributed by atoms with van der Waals surface area (Å²) >= 11 is 1.63. The SMILES string of the molecule is CSc1ccc2c([SH](=O)=O)c[nH]c2c1. The zero-order valence-electron chi connectivity index (χ0n) is 7.48. The molecule has 0 aliphatic rings. The molecule has 2 rings (SSSR count). The van der Waals surface area contributed by atoms with Crippen molar-refractivity contribution in [3.63, 3.8) is 0 Å². The van der Waals surface area contributed by atoms with Crippen molar-refractivity contribution in [2.75, 3.05) is 6.26 Å². The standard InChI is InChI=1S/C9H9NO2S2/c1-13-6-2-3-7-8(4-6)10-5-9(7)14(11)12/h2-5,10,14H,1H3. The van der Waals surface area contributed by atoms with Gasteiger partial charge >= 0.3 is 0 Å². The fourth-order valence-electron chi connectivity index (χ4n) is 1.37. The maximum absolute atomic E-state index is 10.8. The van der Waals surface area contributed by atoms with Crippen molar-refractivity contribution in [1.82, 2.24) is 4.98 Å². The highest BCUT2D eigenvalue weighted by molar-refractivity contribution is 7.98. The van der Waals surface area contributed by atoms with Crippen molar-refractivity contribution >= 4 is 33.4 Å². The Kier molecular flexibility index (Phi) is 2.52. The highest BCUT2D eigenvalue weighted by Crippen LogP contribution is 2.24. The molecule has 1 heterocycles. The van der Waals surface area contributed by atoms with Crippen molar-refractivity contribution in [3.8, 4) is 0 Å². The van der Waals surface area contributed by atoms with E-state index in [0.29, 0.717) is 4.90 Å². The quantitative estimate of drug-likeness (QED) is 0.608. The van der Waals surface area contributed by atoms with Crippen LogP contribution in [-0.4, -0.2) is 19.7 Å². The molecule has 0 amide bonds. The van der Waals surface area contributed by atoms with Gasteiger partial charge in [-0.3, -0.25) is 0 Å². The van der Waals surface area contributed by atoms with Crippen molar-refractivity contribution < 1.29 is 8.42 Å². The van der Waals surface area contributed by atoms with E-state index in [9.17, 15) is 8.42 Å². The van der Waals surface area contributed by atoms with Crippen molar-refractivity contribution in [1.29, 1.82) is 0 Å². The molecule has 14 heavy (non-hydrogen) atoms. The van der Waals surface area contributed by atoms with E-state index >= 15 is 0 Å². The second-order valence-corrected chi connectivity index (χ2v) is 4.72. The number of hydrogen-bond donors (Lipinski definition) is 2. The number of fused-ring (bicyclic) bond motifs is 1. The maximum Gasteiger partial charge on any atom is 0.170 e. The number of aromatic amines is 1. The smallest absolute Gasteiger partial charge is 0.170 e. The summed E-state index contributed by atoms with van der Waals surface area (Å²) in [5, 5.41) is 0.763. The van der Waals surface area contributed by atoms with Gasteiger partial charge in [-0.2, -0.15) is 0 Å². The van der Waals surface area contributed by atoms with Crippen LogP contribution in [0.3, 0.4) is 0 Å². The Morgan fingerprint density at radius 3 is 2.79 bits per heavy atom. The lowest BCUT2D eigenvalue weighted by Gasteiger charge is -1.95. The number of thioether (sulfide) groups is 1. The predicted molar refractivity (Wildman–Crippen MR) is 58.7 cm³/mol. The first-order valence-corrected chi connectivity index (χ1v) is 6.42. The topological polar surface area (TPSA) is 49.9 Å². The third-order valence-electron chi connectivity index (χ3n) is 2.06. The molecule has 1 N–H and O–H groups in total. The fraction of sp³-hybridized carbons (Fsp3) is 0.111. The largest absolute Gasteiger partial charge is 0.360 e. The second-order valence-electron chi connectivity index (χ2n) is 2.84. The molecule has 74 valence electrons. The summed E-state index contributed by atoms with van der Waals surface area (Å²) in [4.78, 5) is 4.43. The Labute approximate surface area is 87.5 Å². The lowest BCUT2D eigenvalue weighted by atomic mass is 10.2. The Morgan fingerprint density at radius 1 is 1.36 bits per heavy atom. The Bertz CT molecular complexity index is 535. The van der Waals surface area contributed by atoms with Gasteiger partial charge in [0, 0.05) is 22.0 Å². The fourth-order valence-corrected chi connectivity index (χ4v) is 2.37. The van der Waals surface area contributed by atoms with Gasteiger partial charge < -0.3 is 4.98 Å². The molecule has 1 aromatic heterocycles.